The molecule has 1 fully saturated rings. The molecule has 0 N–H and O–H groups in total. The number of thioether (sulfide) groups is 1. The van der Waals surface area contributed by atoms with Gasteiger partial charge in [0.25, 0.3) is 0 Å². The summed E-state index contributed by atoms with van der Waals surface area (Å²) in [4.78, 5) is 13.9. The highest BCUT2D eigenvalue weighted by Gasteiger charge is 2.35. The van der Waals surface area contributed by atoms with Crippen molar-refractivity contribution in [2.45, 2.75) is 18.7 Å². The standard InChI is InChI=1S/C18H16FN3OS/c1-13-17(23)22(12-15-7-9-16(19)10-8-15)18(24-13)21-20-11-14-5-3-2-4-6-14/h2-11,13H,12H2,1H3/b20-11-,21-18+/t13-/m1/s1. The lowest BCUT2D eigenvalue weighted by atomic mass is 10.2. The molecule has 1 heterocycles. The Morgan fingerprint density at radius 3 is 2.58 bits per heavy atom. The highest BCUT2D eigenvalue weighted by molar-refractivity contribution is 8.15. The van der Waals surface area contributed by atoms with Crippen LogP contribution in [0.25, 0.3) is 0 Å². The Bertz CT molecular complexity index is 775. The lowest BCUT2D eigenvalue weighted by Gasteiger charge is -2.15. The van der Waals surface area contributed by atoms with Crippen LogP contribution in [0.15, 0.2) is 64.8 Å². The molecule has 0 spiro atoms. The van der Waals surface area contributed by atoms with E-state index in [0.29, 0.717) is 11.7 Å². The molecular formula is C18H16FN3OS. The van der Waals surface area contributed by atoms with Crippen molar-refractivity contribution in [3.8, 4) is 0 Å². The second kappa shape index (κ2) is 7.40. The molecule has 3 rings (SSSR count). The summed E-state index contributed by atoms with van der Waals surface area (Å²) < 4.78 is 13.0. The van der Waals surface area contributed by atoms with Crippen LogP contribution in [-0.2, 0) is 11.3 Å². The van der Waals surface area contributed by atoms with Gasteiger partial charge >= 0.3 is 0 Å². The number of halogens is 1. The molecule has 6 heteroatoms. The Hall–Kier alpha value is -2.47. The zero-order valence-electron chi connectivity index (χ0n) is 13.1. The van der Waals surface area contributed by atoms with Crippen molar-refractivity contribution in [3.63, 3.8) is 0 Å². The van der Waals surface area contributed by atoms with Gasteiger partial charge in [0.2, 0.25) is 5.91 Å². The molecule has 0 aliphatic carbocycles. The van der Waals surface area contributed by atoms with Gasteiger partial charge < -0.3 is 0 Å². The second-order valence-electron chi connectivity index (χ2n) is 5.35. The summed E-state index contributed by atoms with van der Waals surface area (Å²) in [6.45, 7) is 2.20. The zero-order valence-corrected chi connectivity index (χ0v) is 13.9. The minimum Gasteiger partial charge on any atom is -0.284 e. The van der Waals surface area contributed by atoms with E-state index in [-0.39, 0.29) is 17.0 Å². The molecule has 0 aromatic heterocycles. The summed E-state index contributed by atoms with van der Waals surface area (Å²) in [6, 6.07) is 15.7. The van der Waals surface area contributed by atoms with Crippen LogP contribution in [0.1, 0.15) is 18.1 Å². The quantitative estimate of drug-likeness (QED) is 0.629. The summed E-state index contributed by atoms with van der Waals surface area (Å²) in [5, 5.41) is 8.64. The number of amidine groups is 1. The Morgan fingerprint density at radius 1 is 1.17 bits per heavy atom. The van der Waals surface area contributed by atoms with Crippen LogP contribution in [0.4, 0.5) is 4.39 Å². The zero-order chi connectivity index (χ0) is 16.9. The fraction of sp³-hybridized carbons (Fsp3) is 0.167. The lowest BCUT2D eigenvalue weighted by molar-refractivity contribution is -0.126. The first-order chi connectivity index (χ1) is 11.6. The van der Waals surface area contributed by atoms with Crippen LogP contribution in [0.5, 0.6) is 0 Å². The molecule has 1 aliphatic rings. The maximum Gasteiger partial charge on any atom is 0.242 e. The van der Waals surface area contributed by atoms with Crippen molar-refractivity contribution >= 4 is 29.1 Å². The average molecular weight is 341 g/mol. The smallest absolute Gasteiger partial charge is 0.242 e. The molecule has 1 amide bonds. The third-order valence-electron chi connectivity index (χ3n) is 3.53. The van der Waals surface area contributed by atoms with Gasteiger partial charge in [0, 0.05) is 0 Å². The normalized spacial score (nSPS) is 19.6. The van der Waals surface area contributed by atoms with Gasteiger partial charge in [0.05, 0.1) is 18.0 Å². The first-order valence-corrected chi connectivity index (χ1v) is 8.40. The van der Waals surface area contributed by atoms with Crippen LogP contribution in [0, 0.1) is 5.82 Å². The van der Waals surface area contributed by atoms with Crippen molar-refractivity contribution < 1.29 is 9.18 Å². The summed E-state index contributed by atoms with van der Waals surface area (Å²) in [7, 11) is 0. The SMILES string of the molecule is C[C@H]1S/C(=N/N=C\c2ccccc2)N(Cc2ccc(F)cc2)C1=O. The van der Waals surface area contributed by atoms with E-state index in [1.165, 1.54) is 23.9 Å². The minimum atomic E-state index is -0.296. The monoisotopic (exact) mass is 341 g/mol. The van der Waals surface area contributed by atoms with Gasteiger partial charge in [-0.05, 0) is 30.2 Å². The number of carbonyl (C=O) groups is 1. The van der Waals surface area contributed by atoms with Crippen molar-refractivity contribution in [2.75, 3.05) is 0 Å². The van der Waals surface area contributed by atoms with E-state index in [1.807, 2.05) is 37.3 Å². The van der Waals surface area contributed by atoms with Crippen LogP contribution in [-0.4, -0.2) is 27.4 Å². The third-order valence-corrected chi connectivity index (χ3v) is 4.60. The van der Waals surface area contributed by atoms with Crippen LogP contribution < -0.4 is 0 Å². The summed E-state index contributed by atoms with van der Waals surface area (Å²) in [5.41, 5.74) is 1.79. The summed E-state index contributed by atoms with van der Waals surface area (Å²) in [6.07, 6.45) is 1.65. The van der Waals surface area contributed by atoms with Gasteiger partial charge in [-0.15, -0.1) is 5.10 Å². The van der Waals surface area contributed by atoms with Crippen molar-refractivity contribution in [3.05, 3.63) is 71.5 Å². The molecule has 1 aliphatic heterocycles. The summed E-state index contributed by atoms with van der Waals surface area (Å²) >= 11 is 1.38. The Labute approximate surface area is 144 Å². The Morgan fingerprint density at radius 2 is 1.88 bits per heavy atom. The van der Waals surface area contributed by atoms with Crippen LogP contribution in [0.3, 0.4) is 0 Å². The van der Waals surface area contributed by atoms with Crippen molar-refractivity contribution in [1.29, 1.82) is 0 Å². The molecule has 24 heavy (non-hydrogen) atoms. The molecule has 0 bridgehead atoms. The predicted molar refractivity (Wildman–Crippen MR) is 95.5 cm³/mol. The number of rotatable bonds is 4. The molecule has 0 unspecified atom stereocenters. The molecule has 0 saturated carbocycles. The third kappa shape index (κ3) is 3.89. The topological polar surface area (TPSA) is 45.0 Å². The molecule has 4 nitrogen and oxygen atoms in total. The van der Waals surface area contributed by atoms with Gasteiger partial charge in [-0.3, -0.25) is 9.69 Å². The second-order valence-corrected chi connectivity index (χ2v) is 6.66. The first kappa shape index (κ1) is 16.4. The van der Waals surface area contributed by atoms with Crippen molar-refractivity contribution in [2.24, 2.45) is 10.2 Å². The lowest BCUT2D eigenvalue weighted by Crippen LogP contribution is -2.30. The predicted octanol–water partition coefficient (Wildman–Crippen LogP) is 3.68. The minimum absolute atomic E-state index is 0.0158. The fourth-order valence-electron chi connectivity index (χ4n) is 2.27. The van der Waals surface area contributed by atoms with E-state index in [0.717, 1.165) is 11.1 Å². The van der Waals surface area contributed by atoms with E-state index in [1.54, 1.807) is 23.2 Å². The molecule has 1 saturated heterocycles. The van der Waals surface area contributed by atoms with E-state index < -0.39 is 0 Å². The Kier molecular flexibility index (Phi) is 5.05. The largest absolute Gasteiger partial charge is 0.284 e. The molecule has 122 valence electrons. The summed E-state index contributed by atoms with van der Waals surface area (Å²) in [5.74, 6) is -0.312. The van der Waals surface area contributed by atoms with Gasteiger partial charge in [-0.1, -0.05) is 54.2 Å². The highest BCUT2D eigenvalue weighted by Crippen LogP contribution is 2.28. The van der Waals surface area contributed by atoms with Crippen molar-refractivity contribution in [1.82, 2.24) is 4.90 Å². The molecular weight excluding hydrogens is 325 g/mol. The average Bonchev–Trinajstić information content (AvgIpc) is 2.86. The van der Waals surface area contributed by atoms with E-state index in [4.69, 9.17) is 0 Å². The van der Waals surface area contributed by atoms with Crippen LogP contribution in [0.2, 0.25) is 0 Å². The van der Waals surface area contributed by atoms with Gasteiger partial charge in [-0.25, -0.2) is 4.39 Å². The first-order valence-electron chi connectivity index (χ1n) is 7.52. The van der Waals surface area contributed by atoms with E-state index in [9.17, 15) is 9.18 Å². The number of amides is 1. The molecule has 0 radical (unpaired) electrons. The molecule has 2 aromatic rings. The van der Waals surface area contributed by atoms with Crippen LogP contribution >= 0.6 is 11.8 Å². The highest BCUT2D eigenvalue weighted by atomic mass is 32.2. The van der Waals surface area contributed by atoms with E-state index >= 15 is 0 Å². The van der Waals surface area contributed by atoms with Gasteiger partial charge in [-0.2, -0.15) is 5.10 Å². The number of nitrogens with zero attached hydrogens (tertiary/aromatic N) is 3. The molecule has 1 atom stereocenters. The Balaban J connectivity index is 1.77. The fourth-order valence-corrected chi connectivity index (χ4v) is 3.19. The number of carbonyl (C=O) groups excluding carboxylic acids is 1. The van der Waals surface area contributed by atoms with Gasteiger partial charge in [0.1, 0.15) is 5.82 Å². The number of hydrogen-bond donors (Lipinski definition) is 0. The van der Waals surface area contributed by atoms with E-state index in [2.05, 4.69) is 10.2 Å². The maximum absolute atomic E-state index is 13.0. The number of benzene rings is 2. The molecule has 2 aromatic carbocycles. The number of hydrogen-bond acceptors (Lipinski definition) is 4. The maximum atomic E-state index is 13.0. The van der Waals surface area contributed by atoms with Gasteiger partial charge in [0.15, 0.2) is 5.17 Å².